The van der Waals surface area contributed by atoms with E-state index in [1.807, 2.05) is 35.8 Å². The van der Waals surface area contributed by atoms with Crippen LogP contribution in [0.4, 0.5) is 0 Å². The fourth-order valence-corrected chi connectivity index (χ4v) is 4.78. The van der Waals surface area contributed by atoms with Gasteiger partial charge in [-0.1, -0.05) is 23.7 Å². The molecule has 0 aliphatic carbocycles. The third-order valence-corrected chi connectivity index (χ3v) is 6.63. The zero-order chi connectivity index (χ0) is 22.1. The molecule has 9 heteroatoms. The average molecular weight is 449 g/mol. The number of halogens is 1. The van der Waals surface area contributed by atoms with E-state index < -0.39 is 10.0 Å². The number of aryl methyl sites for hydroxylation is 1. The van der Waals surface area contributed by atoms with Gasteiger partial charge in [0.25, 0.3) is 5.91 Å². The Labute approximate surface area is 181 Å². The lowest BCUT2D eigenvalue weighted by Crippen LogP contribution is -2.31. The van der Waals surface area contributed by atoms with Crippen molar-refractivity contribution in [1.29, 1.82) is 0 Å². The molecule has 0 unspecified atom stereocenters. The molecular weight excluding hydrogens is 424 g/mol. The van der Waals surface area contributed by atoms with Gasteiger partial charge in [-0.05, 0) is 51.1 Å². The highest BCUT2D eigenvalue weighted by Crippen LogP contribution is 2.23. The third-order valence-electron chi connectivity index (χ3n) is 4.64. The van der Waals surface area contributed by atoms with Crippen molar-refractivity contribution in [3.63, 3.8) is 0 Å². The fourth-order valence-electron chi connectivity index (χ4n) is 3.30. The van der Waals surface area contributed by atoms with E-state index in [0.29, 0.717) is 6.54 Å². The quantitative estimate of drug-likeness (QED) is 0.597. The summed E-state index contributed by atoms with van der Waals surface area (Å²) in [5.41, 5.74) is 1.99. The number of hydrogen-bond donors (Lipinski definition) is 1. The molecule has 0 fully saturated rings. The molecule has 1 aromatic heterocycles. The summed E-state index contributed by atoms with van der Waals surface area (Å²) in [5, 5.41) is 0.194. The van der Waals surface area contributed by atoms with Crippen molar-refractivity contribution in [2.45, 2.75) is 44.8 Å². The van der Waals surface area contributed by atoms with E-state index in [9.17, 15) is 13.2 Å². The van der Waals surface area contributed by atoms with Gasteiger partial charge in [-0.25, -0.2) is 18.1 Å². The molecule has 30 heavy (non-hydrogen) atoms. The number of rotatable bonds is 7. The van der Waals surface area contributed by atoms with Crippen molar-refractivity contribution in [1.82, 2.24) is 19.2 Å². The molecule has 1 heterocycles. The Balaban J connectivity index is 1.91. The Morgan fingerprint density at radius 2 is 1.93 bits per heavy atom. The topological polar surface area (TPSA) is 84.3 Å². The summed E-state index contributed by atoms with van der Waals surface area (Å²) in [7, 11) is -2.10. The number of carbonyl (C=O) groups excluding carboxylic acids is 1. The molecule has 2 aromatic carbocycles. The number of amides is 1. The van der Waals surface area contributed by atoms with Gasteiger partial charge in [0.2, 0.25) is 10.0 Å². The molecule has 0 saturated heterocycles. The first-order valence-electron chi connectivity index (χ1n) is 9.65. The van der Waals surface area contributed by atoms with E-state index in [1.54, 1.807) is 20.9 Å². The highest BCUT2D eigenvalue weighted by atomic mass is 35.5. The number of fused-ring (bicyclic) bond motifs is 1. The molecule has 1 N–H and O–H groups in total. The molecule has 1 amide bonds. The Kier molecular flexibility index (Phi) is 6.50. The van der Waals surface area contributed by atoms with Gasteiger partial charge in [-0.3, -0.25) is 4.79 Å². The zero-order valence-corrected chi connectivity index (χ0v) is 19.0. The summed E-state index contributed by atoms with van der Waals surface area (Å²) >= 11 is 6.23. The number of benzene rings is 2. The molecular formula is C21H25ClN4O3S. The largest absolute Gasteiger partial charge is 0.334 e. The predicted octanol–water partition coefficient (Wildman–Crippen LogP) is 3.67. The molecule has 3 aromatic rings. The highest BCUT2D eigenvalue weighted by molar-refractivity contribution is 7.89. The number of para-hydroxylation sites is 2. The number of hydrogen-bond acceptors (Lipinski definition) is 4. The van der Waals surface area contributed by atoms with E-state index in [-0.39, 0.29) is 34.0 Å². The third kappa shape index (κ3) is 4.50. The average Bonchev–Trinajstić information content (AvgIpc) is 3.03. The van der Waals surface area contributed by atoms with Crippen LogP contribution in [0.15, 0.2) is 47.4 Å². The number of sulfonamides is 1. The van der Waals surface area contributed by atoms with Gasteiger partial charge in [-0.2, -0.15) is 0 Å². The molecule has 3 rings (SSSR count). The van der Waals surface area contributed by atoms with Gasteiger partial charge >= 0.3 is 0 Å². The van der Waals surface area contributed by atoms with Gasteiger partial charge in [0.1, 0.15) is 5.82 Å². The Bertz CT molecular complexity index is 1190. The normalized spacial score (nSPS) is 11.9. The van der Waals surface area contributed by atoms with Gasteiger partial charge in [0, 0.05) is 19.6 Å². The first-order valence-corrected chi connectivity index (χ1v) is 11.5. The Morgan fingerprint density at radius 3 is 2.60 bits per heavy atom. The second-order valence-electron chi connectivity index (χ2n) is 7.34. The Hall–Kier alpha value is -2.42. The smallest absolute Gasteiger partial charge is 0.255 e. The standard InChI is InChI=1S/C21H25ClN4O3S/c1-5-26-19-9-7-6-8-18(19)23-20(26)13-25(4)21(27)16-12-15(10-11-17(16)22)30(28,29)24-14(2)3/h6-12,14,24H,5,13H2,1-4H3. The molecule has 0 atom stereocenters. The van der Waals surface area contributed by atoms with Crippen molar-refractivity contribution in [3.05, 3.63) is 58.9 Å². The van der Waals surface area contributed by atoms with E-state index >= 15 is 0 Å². The summed E-state index contributed by atoms with van der Waals surface area (Å²) in [5.74, 6) is 0.368. The number of nitrogens with one attached hydrogen (secondary N) is 1. The van der Waals surface area contributed by atoms with Crippen LogP contribution in [0.1, 0.15) is 37.0 Å². The summed E-state index contributed by atoms with van der Waals surface area (Å²) < 4.78 is 29.5. The minimum Gasteiger partial charge on any atom is -0.334 e. The maximum atomic E-state index is 13.1. The highest BCUT2D eigenvalue weighted by Gasteiger charge is 2.22. The monoisotopic (exact) mass is 448 g/mol. The van der Waals surface area contributed by atoms with Crippen molar-refractivity contribution in [2.75, 3.05) is 7.05 Å². The number of carbonyl (C=O) groups is 1. The van der Waals surface area contributed by atoms with E-state index in [1.165, 1.54) is 23.1 Å². The lowest BCUT2D eigenvalue weighted by atomic mass is 10.2. The molecule has 0 aliphatic rings. The van der Waals surface area contributed by atoms with Crippen LogP contribution < -0.4 is 4.72 Å². The van der Waals surface area contributed by atoms with Crippen LogP contribution in [0.3, 0.4) is 0 Å². The van der Waals surface area contributed by atoms with Crippen LogP contribution in [-0.4, -0.2) is 41.9 Å². The number of aromatic nitrogens is 2. The summed E-state index contributed by atoms with van der Waals surface area (Å²) in [6.45, 7) is 6.46. The van der Waals surface area contributed by atoms with Gasteiger partial charge < -0.3 is 9.47 Å². The van der Waals surface area contributed by atoms with Crippen LogP contribution >= 0.6 is 11.6 Å². The van der Waals surface area contributed by atoms with Crippen molar-refractivity contribution < 1.29 is 13.2 Å². The van der Waals surface area contributed by atoms with Crippen molar-refractivity contribution in [2.24, 2.45) is 0 Å². The van der Waals surface area contributed by atoms with Crippen molar-refractivity contribution in [3.8, 4) is 0 Å². The molecule has 0 radical (unpaired) electrons. The maximum absolute atomic E-state index is 13.1. The van der Waals surface area contributed by atoms with Crippen LogP contribution in [0, 0.1) is 0 Å². The summed E-state index contributed by atoms with van der Waals surface area (Å²) in [6, 6.07) is 11.7. The first-order chi connectivity index (χ1) is 14.1. The lowest BCUT2D eigenvalue weighted by molar-refractivity contribution is 0.0780. The molecule has 0 spiro atoms. The zero-order valence-electron chi connectivity index (χ0n) is 17.4. The summed E-state index contributed by atoms with van der Waals surface area (Å²) in [6.07, 6.45) is 0. The van der Waals surface area contributed by atoms with Gasteiger partial charge in [-0.15, -0.1) is 0 Å². The SMILES string of the molecule is CCn1c(CN(C)C(=O)c2cc(S(=O)(=O)NC(C)C)ccc2Cl)nc2ccccc21. The van der Waals surface area contributed by atoms with Crippen molar-refractivity contribution >= 4 is 38.6 Å². The van der Waals surface area contributed by atoms with E-state index in [0.717, 1.165) is 16.9 Å². The number of nitrogens with zero attached hydrogens (tertiary/aromatic N) is 3. The molecule has 0 bridgehead atoms. The predicted molar refractivity (Wildman–Crippen MR) is 118 cm³/mol. The molecule has 7 nitrogen and oxygen atoms in total. The maximum Gasteiger partial charge on any atom is 0.255 e. The van der Waals surface area contributed by atoms with Gasteiger partial charge in [0.15, 0.2) is 0 Å². The summed E-state index contributed by atoms with van der Waals surface area (Å²) in [4.78, 5) is 19.2. The first kappa shape index (κ1) is 22.3. The van der Waals surface area contributed by atoms with Crippen LogP contribution in [-0.2, 0) is 23.1 Å². The van der Waals surface area contributed by atoms with Crippen LogP contribution in [0.2, 0.25) is 5.02 Å². The van der Waals surface area contributed by atoms with Crippen LogP contribution in [0.5, 0.6) is 0 Å². The molecule has 0 saturated carbocycles. The van der Waals surface area contributed by atoms with Crippen LogP contribution in [0.25, 0.3) is 11.0 Å². The minimum atomic E-state index is -3.74. The molecule has 0 aliphatic heterocycles. The van der Waals surface area contributed by atoms with Gasteiger partial charge in [0.05, 0.1) is 33.1 Å². The Morgan fingerprint density at radius 1 is 1.23 bits per heavy atom. The van der Waals surface area contributed by atoms with E-state index in [2.05, 4.69) is 9.71 Å². The lowest BCUT2D eigenvalue weighted by Gasteiger charge is -2.19. The molecule has 160 valence electrons. The minimum absolute atomic E-state index is 0.00172. The van der Waals surface area contributed by atoms with E-state index in [4.69, 9.17) is 11.6 Å². The second-order valence-corrected chi connectivity index (χ2v) is 9.46. The fraction of sp³-hybridized carbons (Fsp3) is 0.333. The number of imidazole rings is 1. The second kappa shape index (κ2) is 8.75.